The van der Waals surface area contributed by atoms with E-state index in [2.05, 4.69) is 61.1 Å². The molecule has 0 aliphatic carbocycles. The van der Waals surface area contributed by atoms with Gasteiger partial charge in [0, 0.05) is 16.8 Å². The summed E-state index contributed by atoms with van der Waals surface area (Å²) >= 11 is 0. The number of hydrogen-bond acceptors (Lipinski definition) is 9. The van der Waals surface area contributed by atoms with E-state index in [1.807, 2.05) is 0 Å². The maximum Gasteiger partial charge on any atom is 0 e. The Morgan fingerprint density at radius 3 is 0.211 bits per heavy atom. The van der Waals surface area contributed by atoms with Crippen LogP contribution in [-0.2, 0) is 59.9 Å². The molecule has 0 heterocycles. The van der Waals surface area contributed by atoms with Gasteiger partial charge in [0.15, 0.2) is 0 Å². The van der Waals surface area contributed by atoms with E-state index in [4.69, 9.17) is 43.2 Å². The van der Waals surface area contributed by atoms with E-state index in [0.717, 1.165) is 0 Å². The molecule has 0 unspecified atom stereocenters. The summed E-state index contributed by atoms with van der Waals surface area (Å²) in [7, 11) is 0. The van der Waals surface area contributed by atoms with Gasteiger partial charge in [-0.3, -0.25) is 61.1 Å². The predicted molar refractivity (Wildman–Crippen MR) is 60.8 cm³/mol. The van der Waals surface area contributed by atoms with Gasteiger partial charge < -0.3 is 43.2 Å². The van der Waals surface area contributed by atoms with Crippen molar-refractivity contribution < 1.29 is 59.9 Å². The molecule has 1 radical (unpaired) electrons. The van der Waals surface area contributed by atoms with Crippen molar-refractivity contribution in [3.05, 3.63) is 0 Å². The Hall–Kier alpha value is -2.46. The van der Waals surface area contributed by atoms with Crippen molar-refractivity contribution in [3.63, 3.8) is 0 Å². The van der Waals surface area contributed by atoms with Crippen molar-refractivity contribution in [1.29, 1.82) is 0 Å². The molecule has 0 aromatic rings. The van der Waals surface area contributed by atoms with Crippen LogP contribution in [0.5, 0.6) is 0 Å². The van der Waals surface area contributed by atoms with E-state index in [9.17, 15) is 0 Å². The summed E-state index contributed by atoms with van der Waals surface area (Å²) in [4.78, 5) is 69.8. The fourth-order valence-electron chi connectivity index (χ4n) is 0. The van der Waals surface area contributed by atoms with Crippen molar-refractivity contribution in [2.75, 3.05) is 0 Å². The minimum atomic E-state index is 0. The summed E-state index contributed by atoms with van der Waals surface area (Å²) in [5.41, 5.74) is 0. The summed E-state index contributed by atoms with van der Waals surface area (Å²) < 4.78 is 0. The monoisotopic (exact) mass is 320 g/mol. The predicted octanol–water partition coefficient (Wildman–Crippen LogP) is -2.47. The van der Waals surface area contributed by atoms with E-state index < -0.39 is 0 Å². The molecule has 0 aromatic heterocycles. The molecule has 0 atom stereocenters. The molecule has 0 saturated carbocycles. The summed E-state index contributed by atoms with van der Waals surface area (Å²) in [5, 5.41) is 0. The van der Waals surface area contributed by atoms with Gasteiger partial charge in [0.25, 0.3) is 0 Å². The fourth-order valence-corrected chi connectivity index (χ4v) is 0. The first-order chi connectivity index (χ1) is 9.00. The van der Waals surface area contributed by atoms with Gasteiger partial charge >= 0.3 is 0 Å². The second-order valence-corrected chi connectivity index (χ2v) is 0. The van der Waals surface area contributed by atoms with Crippen LogP contribution in [0.3, 0.4) is 0 Å². The van der Waals surface area contributed by atoms with Gasteiger partial charge in [0.2, 0.25) is 0 Å². The minimum absolute atomic E-state index is 0. The molecular weight excluding hydrogens is 311 g/mol. The molecule has 0 aliphatic rings. The van der Waals surface area contributed by atoms with E-state index in [1.165, 1.54) is 0 Å². The van der Waals surface area contributed by atoms with Crippen LogP contribution < -0.4 is 0 Å². The van der Waals surface area contributed by atoms with Crippen LogP contribution in [0.2, 0.25) is 0 Å². The number of rotatable bonds is 0. The Labute approximate surface area is 121 Å². The first-order valence-corrected chi connectivity index (χ1v) is 2.12. The summed E-state index contributed by atoms with van der Waals surface area (Å²) in [5.74, 6) is 0. The smallest absolute Gasteiger partial charge is 0 e. The molecule has 10 heteroatoms. The SMILES string of the molecule is [CH-]=O.[CH-]=O.[CH-]=O.[CH-]=O.[CH-]=O.[CH-]=O.[CH-]=O.[CH-]=O.[CH-]=O.[Co]. The van der Waals surface area contributed by atoms with Crippen molar-refractivity contribution in [3.8, 4) is 0 Å². The van der Waals surface area contributed by atoms with Crippen LogP contribution in [0, 0.1) is 0 Å². The van der Waals surface area contributed by atoms with Crippen LogP contribution in [0.15, 0.2) is 0 Å². The Bertz CT molecular complexity index is 52.2. The van der Waals surface area contributed by atoms with Crippen molar-refractivity contribution in [2.45, 2.75) is 0 Å². The molecule has 117 valence electrons. The fraction of sp³-hybridized carbons (Fsp3) is 0. The summed E-state index contributed by atoms with van der Waals surface area (Å²) in [6.07, 6.45) is 0. The minimum Gasteiger partial charge on any atom is -0.545 e. The third-order valence-electron chi connectivity index (χ3n) is 0. The van der Waals surface area contributed by atoms with Gasteiger partial charge in [-0.25, -0.2) is 0 Å². The largest absolute Gasteiger partial charge is 0.545 e. The Kier molecular flexibility index (Phi) is 2660. The third kappa shape index (κ3) is 469. The van der Waals surface area contributed by atoms with Crippen molar-refractivity contribution in [1.82, 2.24) is 0 Å². The number of carbonyl (C=O) groups excluding carboxylic acids is 9. The maximum absolute atomic E-state index is 7.75. The van der Waals surface area contributed by atoms with Gasteiger partial charge in [-0.1, -0.05) is 0 Å². The molecule has 0 N–H and O–H groups in total. The first-order valence-electron chi connectivity index (χ1n) is 2.12. The first kappa shape index (κ1) is 93.4. The van der Waals surface area contributed by atoms with Gasteiger partial charge in [-0.05, 0) is 0 Å². The zero-order valence-corrected chi connectivity index (χ0v) is 10.2. The Balaban J connectivity index is -0.00000000596. The maximum atomic E-state index is 7.75. The summed E-state index contributed by atoms with van der Waals surface area (Å²) in [6.45, 7) is 29.2. The second-order valence-electron chi connectivity index (χ2n) is 0. The molecule has 0 bridgehead atoms. The van der Waals surface area contributed by atoms with Gasteiger partial charge in [0.1, 0.15) is 0 Å². The van der Waals surface area contributed by atoms with Gasteiger partial charge in [0.05, 0.1) is 0 Å². The zero-order chi connectivity index (χ0) is 18.0. The molecule has 9 nitrogen and oxygen atoms in total. The molecule has 0 spiro atoms. The van der Waals surface area contributed by atoms with Crippen LogP contribution in [0.25, 0.3) is 0 Å². The topological polar surface area (TPSA) is 154 Å². The summed E-state index contributed by atoms with van der Waals surface area (Å²) in [6, 6.07) is 0. The molecule has 0 fully saturated rings. The van der Waals surface area contributed by atoms with Crippen LogP contribution in [0.1, 0.15) is 0 Å². The molecule has 0 saturated heterocycles. The molecule has 0 amide bonds. The van der Waals surface area contributed by atoms with Crippen LogP contribution in [-0.4, -0.2) is 61.1 Å². The Morgan fingerprint density at radius 2 is 0.211 bits per heavy atom. The molecule has 0 aliphatic heterocycles. The molecule has 0 rings (SSSR count). The van der Waals surface area contributed by atoms with E-state index in [0.29, 0.717) is 0 Å². The van der Waals surface area contributed by atoms with Crippen molar-refractivity contribution in [2.24, 2.45) is 0 Å². The van der Waals surface area contributed by atoms with E-state index in [-0.39, 0.29) is 16.8 Å². The normalized spacial score (nSPS) is 1.89. The molecule has 19 heavy (non-hydrogen) atoms. The Morgan fingerprint density at radius 1 is 0.211 bits per heavy atom. The van der Waals surface area contributed by atoms with Crippen LogP contribution in [0.4, 0.5) is 0 Å². The average molecular weight is 320 g/mol. The van der Waals surface area contributed by atoms with Gasteiger partial charge in [-0.15, -0.1) is 0 Å². The van der Waals surface area contributed by atoms with Crippen LogP contribution >= 0.6 is 0 Å². The van der Waals surface area contributed by atoms with E-state index >= 15 is 0 Å². The quantitative estimate of drug-likeness (QED) is 0.349. The number of hydrogen-bond donors (Lipinski definition) is 0. The average Bonchev–Trinajstić information content (AvgIpc) is 2.63. The van der Waals surface area contributed by atoms with Crippen molar-refractivity contribution >= 4 is 61.1 Å². The second kappa shape index (κ2) is 541. The van der Waals surface area contributed by atoms with E-state index in [1.54, 1.807) is 0 Å². The third-order valence-corrected chi connectivity index (χ3v) is 0. The molecule has 0 aromatic carbocycles. The standard InChI is InChI=1S/9CHO.Co/c9*1-2;/h9*1H;/q9*-1;. The van der Waals surface area contributed by atoms with Gasteiger partial charge in [-0.2, -0.15) is 0 Å². The molecular formula is C9H9CoO9-9. The zero-order valence-electron chi connectivity index (χ0n) is 9.20.